The highest BCUT2D eigenvalue weighted by molar-refractivity contribution is 8.10. The van der Waals surface area contributed by atoms with E-state index in [0.717, 1.165) is 6.42 Å². The summed E-state index contributed by atoms with van der Waals surface area (Å²) in [4.78, 5) is 1.33. The molecule has 1 heteroatoms. The van der Waals surface area contributed by atoms with Gasteiger partial charge in [0, 0.05) is 4.91 Å². The number of allylic oxidation sites excluding steroid dienone is 1. The summed E-state index contributed by atoms with van der Waals surface area (Å²) in [5.74, 6) is 0. The van der Waals surface area contributed by atoms with Gasteiger partial charge in [-0.2, -0.15) is 0 Å². The van der Waals surface area contributed by atoms with Crippen molar-refractivity contribution in [1.82, 2.24) is 0 Å². The normalized spacial score (nSPS) is 9.94. The zero-order valence-corrected chi connectivity index (χ0v) is 11.2. The minimum Gasteiger partial charge on any atom is -0.0981 e. The molecule has 86 valence electrons. The number of rotatable bonds is 5. The van der Waals surface area contributed by atoms with Crippen LogP contribution in [0.4, 0.5) is 0 Å². The molecule has 0 saturated carbocycles. The third-order valence-corrected chi connectivity index (χ3v) is 3.43. The second kappa shape index (κ2) is 6.59. The highest BCUT2D eigenvalue weighted by Crippen LogP contribution is 2.31. The monoisotopic (exact) mass is 232 g/mol. The van der Waals surface area contributed by atoms with E-state index in [1.807, 2.05) is 5.41 Å². The summed E-state index contributed by atoms with van der Waals surface area (Å²) in [5.41, 5.74) is 4.08. The molecule has 0 aromatic heterocycles. The summed E-state index contributed by atoms with van der Waals surface area (Å²) < 4.78 is 0. The van der Waals surface area contributed by atoms with E-state index in [2.05, 4.69) is 51.6 Å². The maximum atomic E-state index is 3.80. The van der Waals surface area contributed by atoms with Crippen LogP contribution in [0, 0.1) is 0 Å². The highest BCUT2D eigenvalue weighted by Gasteiger charge is 2.03. The standard InChI is InChI=1S/C15H20S/c1-5-8-13-9-7-10-14(11-13)15(12(3)4)16-6-2/h6-7,9-11H,2,5,8H2,1,3-4H3. The van der Waals surface area contributed by atoms with Crippen molar-refractivity contribution in [3.63, 3.8) is 0 Å². The molecule has 0 fully saturated rings. The van der Waals surface area contributed by atoms with Crippen molar-refractivity contribution in [2.45, 2.75) is 33.6 Å². The molecule has 0 bridgehead atoms. The maximum Gasteiger partial charge on any atom is 0.0175 e. The lowest BCUT2D eigenvalue weighted by molar-refractivity contribution is 0.921. The smallest absolute Gasteiger partial charge is 0.0175 e. The molecule has 0 nitrogen and oxygen atoms in total. The molecule has 0 atom stereocenters. The van der Waals surface area contributed by atoms with Crippen LogP contribution in [0.5, 0.6) is 0 Å². The van der Waals surface area contributed by atoms with E-state index in [1.165, 1.54) is 28.0 Å². The van der Waals surface area contributed by atoms with Crippen molar-refractivity contribution in [1.29, 1.82) is 0 Å². The molecule has 0 saturated heterocycles. The number of hydrogen-bond acceptors (Lipinski definition) is 1. The average Bonchev–Trinajstić information content (AvgIpc) is 2.26. The van der Waals surface area contributed by atoms with E-state index in [9.17, 15) is 0 Å². The molecule has 1 rings (SSSR count). The van der Waals surface area contributed by atoms with Crippen molar-refractivity contribution < 1.29 is 0 Å². The Labute approximate surface area is 103 Å². The van der Waals surface area contributed by atoms with E-state index in [4.69, 9.17) is 0 Å². The van der Waals surface area contributed by atoms with Crippen molar-refractivity contribution >= 4 is 16.7 Å². The second-order valence-corrected chi connectivity index (χ2v) is 5.04. The molecule has 0 aliphatic carbocycles. The van der Waals surface area contributed by atoms with Crippen molar-refractivity contribution in [2.24, 2.45) is 0 Å². The van der Waals surface area contributed by atoms with Crippen LogP contribution < -0.4 is 0 Å². The molecule has 0 amide bonds. The van der Waals surface area contributed by atoms with E-state index >= 15 is 0 Å². The largest absolute Gasteiger partial charge is 0.0981 e. The van der Waals surface area contributed by atoms with Crippen LogP contribution in [-0.2, 0) is 6.42 Å². The van der Waals surface area contributed by atoms with Crippen LogP contribution in [0.3, 0.4) is 0 Å². The molecule has 0 radical (unpaired) electrons. The lowest BCUT2D eigenvalue weighted by Gasteiger charge is -2.09. The van der Waals surface area contributed by atoms with Gasteiger partial charge in [-0.1, -0.05) is 61.5 Å². The van der Waals surface area contributed by atoms with Gasteiger partial charge in [0.25, 0.3) is 0 Å². The van der Waals surface area contributed by atoms with Gasteiger partial charge in [-0.3, -0.25) is 0 Å². The van der Waals surface area contributed by atoms with Gasteiger partial charge in [-0.15, -0.1) is 0 Å². The lowest BCUT2D eigenvalue weighted by atomic mass is 10.1. The van der Waals surface area contributed by atoms with Crippen molar-refractivity contribution in [3.05, 3.63) is 53.0 Å². The molecule has 0 heterocycles. The second-order valence-electron chi connectivity index (χ2n) is 4.06. The summed E-state index contributed by atoms with van der Waals surface area (Å²) in [6.07, 6.45) is 2.35. The zero-order chi connectivity index (χ0) is 12.0. The first-order valence-corrected chi connectivity index (χ1v) is 6.61. The van der Waals surface area contributed by atoms with Gasteiger partial charge in [-0.25, -0.2) is 0 Å². The first-order valence-electron chi connectivity index (χ1n) is 5.73. The van der Waals surface area contributed by atoms with E-state index < -0.39 is 0 Å². The Morgan fingerprint density at radius 3 is 2.69 bits per heavy atom. The molecule has 0 aliphatic heterocycles. The van der Waals surface area contributed by atoms with Crippen LogP contribution in [0.15, 0.2) is 41.8 Å². The van der Waals surface area contributed by atoms with Gasteiger partial charge in [0.05, 0.1) is 0 Å². The van der Waals surface area contributed by atoms with Crippen molar-refractivity contribution in [3.8, 4) is 0 Å². The third-order valence-electron chi connectivity index (χ3n) is 2.38. The van der Waals surface area contributed by atoms with Gasteiger partial charge in [0.15, 0.2) is 0 Å². The Morgan fingerprint density at radius 2 is 2.12 bits per heavy atom. The summed E-state index contributed by atoms with van der Waals surface area (Å²) in [6.45, 7) is 10.3. The molecular weight excluding hydrogens is 212 g/mol. The van der Waals surface area contributed by atoms with E-state index in [1.54, 1.807) is 11.8 Å². The fraction of sp³-hybridized carbons (Fsp3) is 0.333. The Bertz CT molecular complexity index is 384. The van der Waals surface area contributed by atoms with Crippen LogP contribution >= 0.6 is 11.8 Å². The quantitative estimate of drug-likeness (QED) is 0.666. The number of aryl methyl sites for hydroxylation is 1. The molecule has 0 unspecified atom stereocenters. The molecule has 0 N–H and O–H groups in total. The molecule has 1 aromatic rings. The first-order chi connectivity index (χ1) is 7.69. The minimum absolute atomic E-state index is 1.16. The highest BCUT2D eigenvalue weighted by atomic mass is 32.2. The van der Waals surface area contributed by atoms with Gasteiger partial charge in [0.2, 0.25) is 0 Å². The Morgan fingerprint density at radius 1 is 1.38 bits per heavy atom. The van der Waals surface area contributed by atoms with E-state index in [0.29, 0.717) is 0 Å². The topological polar surface area (TPSA) is 0 Å². The van der Waals surface area contributed by atoms with Gasteiger partial charge >= 0.3 is 0 Å². The molecule has 16 heavy (non-hydrogen) atoms. The number of benzene rings is 1. The predicted octanol–water partition coefficient (Wildman–Crippen LogP) is 5.27. The Kier molecular flexibility index (Phi) is 5.41. The van der Waals surface area contributed by atoms with Crippen LogP contribution in [-0.4, -0.2) is 0 Å². The van der Waals surface area contributed by atoms with Crippen LogP contribution in [0.25, 0.3) is 4.91 Å². The van der Waals surface area contributed by atoms with Crippen LogP contribution in [0.1, 0.15) is 38.3 Å². The zero-order valence-electron chi connectivity index (χ0n) is 10.4. The summed E-state index contributed by atoms with van der Waals surface area (Å²) in [7, 11) is 0. The SMILES string of the molecule is C=CSC(=C(C)C)c1cccc(CCC)c1. The summed E-state index contributed by atoms with van der Waals surface area (Å²) >= 11 is 1.71. The number of hydrogen-bond donors (Lipinski definition) is 0. The van der Waals surface area contributed by atoms with E-state index in [-0.39, 0.29) is 0 Å². The summed E-state index contributed by atoms with van der Waals surface area (Å²) in [5, 5.41) is 1.90. The molecule has 0 spiro atoms. The number of thioether (sulfide) groups is 1. The average molecular weight is 232 g/mol. The predicted molar refractivity (Wildman–Crippen MR) is 76.5 cm³/mol. The minimum atomic E-state index is 1.16. The lowest BCUT2D eigenvalue weighted by Crippen LogP contribution is -1.87. The maximum absolute atomic E-state index is 3.80. The molecule has 0 aliphatic rings. The Hall–Kier alpha value is -0.950. The summed E-state index contributed by atoms with van der Waals surface area (Å²) in [6, 6.07) is 8.82. The first kappa shape index (κ1) is 13.1. The van der Waals surface area contributed by atoms with Gasteiger partial charge in [-0.05, 0) is 36.8 Å². The van der Waals surface area contributed by atoms with Gasteiger partial charge in [0.1, 0.15) is 0 Å². The van der Waals surface area contributed by atoms with Gasteiger partial charge < -0.3 is 0 Å². The molecule has 1 aromatic carbocycles. The van der Waals surface area contributed by atoms with Crippen LogP contribution in [0.2, 0.25) is 0 Å². The fourth-order valence-electron chi connectivity index (χ4n) is 1.71. The fourth-order valence-corrected chi connectivity index (χ4v) is 2.38. The third kappa shape index (κ3) is 3.57. The Balaban J connectivity index is 3.05. The molecular formula is C15H20S. The van der Waals surface area contributed by atoms with Crippen molar-refractivity contribution in [2.75, 3.05) is 0 Å².